The molecule has 2 heterocycles. The monoisotopic (exact) mass is 426 g/mol. The van der Waals surface area contributed by atoms with Gasteiger partial charge < -0.3 is 20.5 Å². The van der Waals surface area contributed by atoms with Crippen molar-refractivity contribution in [1.82, 2.24) is 9.55 Å². The van der Waals surface area contributed by atoms with Gasteiger partial charge in [0.2, 0.25) is 5.95 Å². The number of para-hydroxylation sites is 3. The molecule has 0 bridgehead atoms. The zero-order chi connectivity index (χ0) is 22.2. The summed E-state index contributed by atoms with van der Waals surface area (Å²) < 4.78 is 7.35. The average Bonchev–Trinajstić information content (AvgIpc) is 3.17. The minimum absolute atomic E-state index is 0.0388. The Morgan fingerprint density at radius 1 is 1.09 bits per heavy atom. The summed E-state index contributed by atoms with van der Waals surface area (Å²) in [6, 6.07) is 21.8. The zero-order valence-corrected chi connectivity index (χ0v) is 17.7. The number of hydrogen-bond acceptors (Lipinski definition) is 5. The van der Waals surface area contributed by atoms with Crippen molar-refractivity contribution in [2.24, 2.45) is 0 Å². The van der Waals surface area contributed by atoms with E-state index in [2.05, 4.69) is 10.6 Å². The minimum atomic E-state index is -0.475. The highest BCUT2D eigenvalue weighted by molar-refractivity contribution is 6.06. The smallest absolute Gasteiger partial charge is 0.255 e. The lowest BCUT2D eigenvalue weighted by molar-refractivity contribution is -0.113. The second-order valence-corrected chi connectivity index (χ2v) is 7.61. The summed E-state index contributed by atoms with van der Waals surface area (Å²) >= 11 is 0. The molecule has 0 saturated carbocycles. The number of rotatable bonds is 4. The molecule has 160 valence electrons. The Bertz CT molecular complexity index is 1360. The number of allylic oxidation sites excluding steroid dienone is 1. The molecule has 4 aromatic rings. The van der Waals surface area contributed by atoms with Crippen LogP contribution in [0.3, 0.4) is 0 Å². The number of ether oxygens (including phenoxy) is 1. The lowest BCUT2D eigenvalue weighted by Crippen LogP contribution is -2.30. The molecule has 0 saturated heterocycles. The first-order valence-corrected chi connectivity index (χ1v) is 10.2. The van der Waals surface area contributed by atoms with Gasteiger partial charge in [-0.15, -0.1) is 0 Å². The molecule has 1 aliphatic rings. The van der Waals surface area contributed by atoms with Crippen molar-refractivity contribution in [2.45, 2.75) is 13.0 Å². The quantitative estimate of drug-likeness (QED) is 0.441. The lowest BCUT2D eigenvalue weighted by atomic mass is 9.94. The molecule has 1 atom stereocenters. The van der Waals surface area contributed by atoms with Crippen molar-refractivity contribution in [1.29, 1.82) is 0 Å². The van der Waals surface area contributed by atoms with E-state index in [1.807, 2.05) is 66.1 Å². The van der Waals surface area contributed by atoms with Crippen molar-refractivity contribution in [3.05, 3.63) is 89.6 Å². The fourth-order valence-corrected chi connectivity index (χ4v) is 4.16. The van der Waals surface area contributed by atoms with Crippen LogP contribution in [0.25, 0.3) is 11.0 Å². The third-order valence-corrected chi connectivity index (χ3v) is 5.63. The highest BCUT2D eigenvalue weighted by Gasteiger charge is 2.34. The van der Waals surface area contributed by atoms with Gasteiger partial charge in [0.25, 0.3) is 5.91 Å². The normalized spacial score (nSPS) is 15.2. The van der Waals surface area contributed by atoms with Gasteiger partial charge in [-0.25, -0.2) is 4.98 Å². The second kappa shape index (κ2) is 7.77. The molecular weight excluding hydrogens is 404 g/mol. The molecule has 1 amide bonds. The van der Waals surface area contributed by atoms with Crippen LogP contribution in [0.2, 0.25) is 0 Å². The van der Waals surface area contributed by atoms with Gasteiger partial charge in [0, 0.05) is 11.4 Å². The van der Waals surface area contributed by atoms with Crippen molar-refractivity contribution >= 4 is 28.6 Å². The van der Waals surface area contributed by atoms with Gasteiger partial charge in [0.15, 0.2) is 11.5 Å². The van der Waals surface area contributed by atoms with Crippen molar-refractivity contribution in [2.75, 3.05) is 17.7 Å². The Labute approximate surface area is 185 Å². The molecule has 5 rings (SSSR count). The molecule has 3 N–H and O–H groups in total. The number of carbonyl (C=O) groups excluding carboxylic acids is 1. The molecule has 0 unspecified atom stereocenters. The van der Waals surface area contributed by atoms with Crippen LogP contribution < -0.4 is 15.4 Å². The number of amides is 1. The third kappa shape index (κ3) is 3.24. The molecule has 0 spiro atoms. The second-order valence-electron chi connectivity index (χ2n) is 7.61. The molecule has 7 nitrogen and oxygen atoms in total. The zero-order valence-electron chi connectivity index (χ0n) is 17.7. The number of imidazole rings is 1. The molecular formula is C25H22N4O3. The van der Waals surface area contributed by atoms with Crippen LogP contribution in [0, 0.1) is 0 Å². The molecule has 0 radical (unpaired) electrons. The maximum Gasteiger partial charge on any atom is 0.255 e. The highest BCUT2D eigenvalue weighted by Crippen LogP contribution is 2.41. The third-order valence-electron chi connectivity index (χ3n) is 5.63. The van der Waals surface area contributed by atoms with Gasteiger partial charge in [-0.05, 0) is 48.9 Å². The van der Waals surface area contributed by atoms with Gasteiger partial charge in [0.1, 0.15) is 0 Å². The van der Waals surface area contributed by atoms with E-state index >= 15 is 0 Å². The minimum Gasteiger partial charge on any atom is -0.504 e. The summed E-state index contributed by atoms with van der Waals surface area (Å²) in [7, 11) is 1.50. The topological polar surface area (TPSA) is 88.4 Å². The Kier molecular flexibility index (Phi) is 4.78. The first-order valence-electron chi connectivity index (χ1n) is 10.2. The Morgan fingerprint density at radius 2 is 1.84 bits per heavy atom. The van der Waals surface area contributed by atoms with Gasteiger partial charge in [0.05, 0.1) is 29.8 Å². The largest absolute Gasteiger partial charge is 0.504 e. The van der Waals surface area contributed by atoms with E-state index in [1.165, 1.54) is 7.11 Å². The molecule has 0 fully saturated rings. The first kappa shape index (κ1) is 19.7. The predicted molar refractivity (Wildman–Crippen MR) is 124 cm³/mol. The van der Waals surface area contributed by atoms with Gasteiger partial charge >= 0.3 is 0 Å². The molecule has 0 aliphatic carbocycles. The first-order chi connectivity index (χ1) is 15.6. The molecule has 1 aromatic heterocycles. The van der Waals surface area contributed by atoms with E-state index in [9.17, 15) is 9.90 Å². The number of fused-ring (bicyclic) bond motifs is 3. The summed E-state index contributed by atoms with van der Waals surface area (Å²) in [5.41, 5.74) is 4.48. The Morgan fingerprint density at radius 3 is 2.62 bits per heavy atom. The molecule has 32 heavy (non-hydrogen) atoms. The number of hydrogen-bond donors (Lipinski definition) is 3. The van der Waals surface area contributed by atoms with Crippen LogP contribution in [-0.2, 0) is 4.79 Å². The summed E-state index contributed by atoms with van der Waals surface area (Å²) in [6.07, 6.45) is 0. The number of phenols is 1. The summed E-state index contributed by atoms with van der Waals surface area (Å²) in [5.74, 6) is 0.808. The van der Waals surface area contributed by atoms with Crippen molar-refractivity contribution < 1.29 is 14.6 Å². The molecule has 7 heteroatoms. The van der Waals surface area contributed by atoms with Crippen LogP contribution >= 0.6 is 0 Å². The maximum atomic E-state index is 13.5. The fraction of sp³-hybridized carbons (Fsp3) is 0.120. The number of phenolic OH excluding ortho intramolecular Hbond substituents is 1. The van der Waals surface area contributed by atoms with Crippen LogP contribution in [-0.4, -0.2) is 27.7 Å². The standard InChI is InChI=1S/C25H22N4O3/c1-15-22(24(31)27-17-8-4-3-5-9-17)23(16-12-13-20(30)21(14-16)32-2)29-19-11-7-6-10-18(19)28-25(29)26-15/h3-14,23,30H,1-2H3,(H,26,28)(H,27,31)/t23-/m0/s1. The molecule has 3 aromatic carbocycles. The van der Waals surface area contributed by atoms with Crippen LogP contribution in [0.1, 0.15) is 18.5 Å². The fourth-order valence-electron chi connectivity index (χ4n) is 4.16. The van der Waals surface area contributed by atoms with E-state index in [4.69, 9.17) is 9.72 Å². The van der Waals surface area contributed by atoms with E-state index < -0.39 is 6.04 Å². The molecule has 1 aliphatic heterocycles. The van der Waals surface area contributed by atoms with Crippen LogP contribution in [0.5, 0.6) is 11.5 Å². The predicted octanol–water partition coefficient (Wildman–Crippen LogP) is 4.68. The maximum absolute atomic E-state index is 13.5. The van der Waals surface area contributed by atoms with E-state index in [-0.39, 0.29) is 11.7 Å². The van der Waals surface area contributed by atoms with Gasteiger partial charge in [-0.2, -0.15) is 0 Å². The highest BCUT2D eigenvalue weighted by atomic mass is 16.5. The number of nitrogens with one attached hydrogen (secondary N) is 2. The van der Waals surface area contributed by atoms with Gasteiger partial charge in [-0.3, -0.25) is 9.36 Å². The van der Waals surface area contributed by atoms with Crippen molar-refractivity contribution in [3.8, 4) is 11.5 Å². The number of carbonyl (C=O) groups is 1. The average molecular weight is 426 g/mol. The summed E-state index contributed by atoms with van der Waals surface area (Å²) in [4.78, 5) is 18.3. The number of anilines is 2. The number of nitrogens with zero attached hydrogens (tertiary/aromatic N) is 2. The number of methoxy groups -OCH3 is 1. The van der Waals surface area contributed by atoms with E-state index in [0.717, 1.165) is 16.6 Å². The summed E-state index contributed by atoms with van der Waals surface area (Å²) in [6.45, 7) is 1.87. The number of aromatic hydroxyl groups is 1. The van der Waals surface area contributed by atoms with Gasteiger partial charge in [-0.1, -0.05) is 36.4 Å². The summed E-state index contributed by atoms with van der Waals surface area (Å²) in [5, 5.41) is 16.4. The SMILES string of the molecule is COc1cc([C@H]2C(C(=O)Nc3ccccc3)=C(C)Nc3nc4ccccc4n32)ccc1O. The lowest BCUT2D eigenvalue weighted by Gasteiger charge is -2.31. The number of benzene rings is 3. The van der Waals surface area contributed by atoms with Crippen LogP contribution in [0.15, 0.2) is 84.1 Å². The van der Waals surface area contributed by atoms with Crippen molar-refractivity contribution in [3.63, 3.8) is 0 Å². The van der Waals surface area contributed by atoms with E-state index in [0.29, 0.717) is 28.7 Å². The van der Waals surface area contributed by atoms with E-state index in [1.54, 1.807) is 18.2 Å². The van der Waals surface area contributed by atoms with Crippen LogP contribution in [0.4, 0.5) is 11.6 Å². The Hall–Kier alpha value is -4.26. The number of aromatic nitrogens is 2. The Balaban J connectivity index is 1.70.